The van der Waals surface area contributed by atoms with Gasteiger partial charge in [-0.3, -0.25) is 0 Å². The number of fused-ring (bicyclic) bond motifs is 1. The smallest absolute Gasteiger partial charge is 0.545 e. The Morgan fingerprint density at radius 1 is 1.00 bits per heavy atom. The van der Waals surface area contributed by atoms with Gasteiger partial charge in [0.15, 0.2) is 0 Å². The summed E-state index contributed by atoms with van der Waals surface area (Å²) in [5, 5.41) is 11.7. The van der Waals surface area contributed by atoms with E-state index < -0.39 is 5.97 Å². The molecule has 0 N–H and O–H groups in total. The third-order valence-corrected chi connectivity index (χ3v) is 3.13. The minimum Gasteiger partial charge on any atom is -0.545 e. The number of aromatic carboxylic acids is 1. The molecule has 0 aliphatic heterocycles. The average molecular weight is 301 g/mol. The molecule has 3 rings (SSSR count). The Kier molecular flexibility index (Phi) is 5.55. The van der Waals surface area contributed by atoms with Gasteiger partial charge in [0, 0.05) is 5.39 Å². The van der Waals surface area contributed by atoms with Gasteiger partial charge in [0.2, 0.25) is 0 Å². The van der Waals surface area contributed by atoms with Gasteiger partial charge < -0.3 is 14.6 Å². The number of pyridine rings is 1. The van der Waals surface area contributed by atoms with Crippen molar-refractivity contribution in [2.45, 2.75) is 6.61 Å². The third kappa shape index (κ3) is 3.85. The summed E-state index contributed by atoms with van der Waals surface area (Å²) < 4.78 is 5.60. The number of para-hydroxylation sites is 1. The van der Waals surface area contributed by atoms with E-state index in [1.165, 1.54) is 12.1 Å². The fourth-order valence-electron chi connectivity index (χ4n) is 2.03. The topological polar surface area (TPSA) is 62.2 Å². The minimum atomic E-state index is -1.20. The van der Waals surface area contributed by atoms with Crippen LogP contribution in [-0.4, -0.2) is 11.0 Å². The van der Waals surface area contributed by atoms with Gasteiger partial charge in [0.25, 0.3) is 0 Å². The van der Waals surface area contributed by atoms with Crippen LogP contribution in [0.25, 0.3) is 10.9 Å². The van der Waals surface area contributed by atoms with Crippen LogP contribution in [0.1, 0.15) is 16.1 Å². The van der Waals surface area contributed by atoms with Gasteiger partial charge in [-0.15, -0.1) is 0 Å². The number of rotatable bonds is 4. The van der Waals surface area contributed by atoms with E-state index in [0.29, 0.717) is 12.4 Å². The van der Waals surface area contributed by atoms with Gasteiger partial charge in [0.05, 0.1) is 17.2 Å². The molecule has 2 aromatic carbocycles. The van der Waals surface area contributed by atoms with Crippen molar-refractivity contribution in [3.05, 3.63) is 71.9 Å². The van der Waals surface area contributed by atoms with Crippen LogP contribution < -0.4 is 39.4 Å². The Balaban J connectivity index is 0.00000176. The van der Waals surface area contributed by atoms with E-state index in [-0.39, 0.29) is 35.1 Å². The molecule has 0 aliphatic rings. The van der Waals surface area contributed by atoms with E-state index in [2.05, 4.69) is 4.98 Å². The molecular formula is C17H12NNaO3. The molecule has 0 spiro atoms. The molecular weight excluding hydrogens is 289 g/mol. The van der Waals surface area contributed by atoms with Crippen molar-refractivity contribution in [2.75, 3.05) is 0 Å². The summed E-state index contributed by atoms with van der Waals surface area (Å²) in [6.07, 6.45) is 0. The second-order valence-electron chi connectivity index (χ2n) is 4.60. The predicted molar refractivity (Wildman–Crippen MR) is 76.8 cm³/mol. The van der Waals surface area contributed by atoms with Gasteiger partial charge in [-0.1, -0.05) is 24.3 Å². The molecule has 0 radical (unpaired) electrons. The van der Waals surface area contributed by atoms with E-state index in [4.69, 9.17) is 4.74 Å². The summed E-state index contributed by atoms with van der Waals surface area (Å²) in [6.45, 7) is 0.329. The number of carbonyl (C=O) groups excluding carboxylic acids is 1. The van der Waals surface area contributed by atoms with E-state index in [1.54, 1.807) is 12.1 Å². The molecule has 22 heavy (non-hydrogen) atoms. The normalized spacial score (nSPS) is 10.0. The third-order valence-electron chi connectivity index (χ3n) is 3.13. The number of nitrogens with zero attached hydrogens (tertiary/aromatic N) is 1. The molecule has 5 heteroatoms. The maximum absolute atomic E-state index is 10.7. The summed E-state index contributed by atoms with van der Waals surface area (Å²) in [7, 11) is 0. The number of hydrogen-bond acceptors (Lipinski definition) is 4. The van der Waals surface area contributed by atoms with E-state index >= 15 is 0 Å². The standard InChI is InChI=1S/C17H13NO3.Na/c19-17(20)13-6-9-15(10-7-13)21-11-14-8-5-12-3-1-2-4-16(12)18-14;/h1-10H,11H2,(H,19,20);/q;+1/p-1. The maximum Gasteiger partial charge on any atom is 1.00 e. The van der Waals surface area contributed by atoms with Crippen LogP contribution in [0.3, 0.4) is 0 Å². The summed E-state index contributed by atoms with van der Waals surface area (Å²) in [6, 6.07) is 17.9. The van der Waals surface area contributed by atoms with Crippen LogP contribution in [0.4, 0.5) is 0 Å². The molecule has 0 amide bonds. The van der Waals surface area contributed by atoms with Crippen molar-refractivity contribution in [3.63, 3.8) is 0 Å². The van der Waals surface area contributed by atoms with Gasteiger partial charge in [-0.25, -0.2) is 4.98 Å². The van der Waals surface area contributed by atoms with Gasteiger partial charge in [-0.05, 0) is 42.0 Å². The minimum absolute atomic E-state index is 0. The zero-order chi connectivity index (χ0) is 14.7. The van der Waals surface area contributed by atoms with Crippen molar-refractivity contribution in [1.29, 1.82) is 0 Å². The second-order valence-corrected chi connectivity index (χ2v) is 4.60. The SMILES string of the molecule is O=C([O-])c1ccc(OCc2ccc3ccccc3n2)cc1.[Na+]. The van der Waals surface area contributed by atoms with Crippen molar-refractivity contribution in [1.82, 2.24) is 4.98 Å². The Bertz CT molecular complexity index is 787. The van der Waals surface area contributed by atoms with Crippen LogP contribution in [0, 0.1) is 0 Å². The van der Waals surface area contributed by atoms with Crippen molar-refractivity contribution in [3.8, 4) is 5.75 Å². The number of benzene rings is 2. The summed E-state index contributed by atoms with van der Waals surface area (Å²) in [4.78, 5) is 15.2. The predicted octanol–water partition coefficient (Wildman–Crippen LogP) is -0.819. The molecule has 0 saturated carbocycles. The van der Waals surface area contributed by atoms with Crippen LogP contribution in [0.2, 0.25) is 0 Å². The van der Waals surface area contributed by atoms with Gasteiger partial charge >= 0.3 is 29.6 Å². The van der Waals surface area contributed by atoms with Crippen molar-refractivity contribution < 1.29 is 44.2 Å². The van der Waals surface area contributed by atoms with E-state index in [0.717, 1.165) is 16.6 Å². The Morgan fingerprint density at radius 3 is 2.45 bits per heavy atom. The maximum atomic E-state index is 10.7. The Morgan fingerprint density at radius 2 is 1.73 bits per heavy atom. The van der Waals surface area contributed by atoms with Crippen LogP contribution >= 0.6 is 0 Å². The zero-order valence-corrected chi connectivity index (χ0v) is 14.2. The number of aromatic nitrogens is 1. The molecule has 1 aromatic heterocycles. The van der Waals surface area contributed by atoms with Crippen molar-refractivity contribution in [2.24, 2.45) is 0 Å². The number of hydrogen-bond donors (Lipinski definition) is 0. The summed E-state index contributed by atoms with van der Waals surface area (Å²) >= 11 is 0. The molecule has 0 fully saturated rings. The van der Waals surface area contributed by atoms with E-state index in [1.807, 2.05) is 36.4 Å². The molecule has 0 atom stereocenters. The van der Waals surface area contributed by atoms with E-state index in [9.17, 15) is 9.90 Å². The van der Waals surface area contributed by atoms with Crippen molar-refractivity contribution >= 4 is 16.9 Å². The van der Waals surface area contributed by atoms with Crippen LogP contribution in [-0.2, 0) is 6.61 Å². The molecule has 4 nitrogen and oxygen atoms in total. The van der Waals surface area contributed by atoms with Gasteiger partial charge in [-0.2, -0.15) is 0 Å². The van der Waals surface area contributed by atoms with Crippen LogP contribution in [0.5, 0.6) is 5.75 Å². The fraction of sp³-hybridized carbons (Fsp3) is 0.0588. The number of carboxylic acids is 1. The first-order chi connectivity index (χ1) is 10.2. The van der Waals surface area contributed by atoms with Gasteiger partial charge in [0.1, 0.15) is 12.4 Å². The first kappa shape index (κ1) is 16.5. The summed E-state index contributed by atoms with van der Waals surface area (Å²) in [5.74, 6) is -0.604. The largest absolute Gasteiger partial charge is 1.00 e. The molecule has 1 heterocycles. The Hall–Kier alpha value is -1.88. The fourth-order valence-corrected chi connectivity index (χ4v) is 2.03. The molecule has 3 aromatic rings. The molecule has 104 valence electrons. The number of ether oxygens (including phenoxy) is 1. The molecule has 0 saturated heterocycles. The molecule has 0 aliphatic carbocycles. The molecule has 0 bridgehead atoms. The zero-order valence-electron chi connectivity index (χ0n) is 12.2. The summed E-state index contributed by atoms with van der Waals surface area (Å²) in [5.41, 5.74) is 1.87. The number of carbonyl (C=O) groups is 1. The van der Waals surface area contributed by atoms with Crippen LogP contribution in [0.15, 0.2) is 60.7 Å². The molecule has 0 unspecified atom stereocenters. The number of carboxylic acid groups (broad SMARTS) is 1. The Labute approximate surface area is 150 Å². The first-order valence-corrected chi connectivity index (χ1v) is 6.51. The average Bonchev–Trinajstić information content (AvgIpc) is 2.53. The quantitative estimate of drug-likeness (QED) is 0.591. The monoisotopic (exact) mass is 301 g/mol. The second kappa shape index (κ2) is 7.40. The first-order valence-electron chi connectivity index (χ1n) is 6.51.